The fourth-order valence-corrected chi connectivity index (χ4v) is 5.57. The van der Waals surface area contributed by atoms with Crippen LogP contribution >= 0.6 is 12.4 Å². The van der Waals surface area contributed by atoms with Crippen LogP contribution < -0.4 is 10.6 Å². The summed E-state index contributed by atoms with van der Waals surface area (Å²) < 4.78 is 49.7. The standard InChI is InChI=1S/C17H22F2N2O3S.ClH/c18-14-2-1-12(8-15(14)19)13-3-5-20-9-16(13)21-17(22)7-11-4-6-25(23,24)10-11;/h1-2,8,11,13,16,20H,3-7,9-10H2,(H,21,22);1H. The lowest BCUT2D eigenvalue weighted by Crippen LogP contribution is -2.50. The highest BCUT2D eigenvalue weighted by Crippen LogP contribution is 2.28. The molecule has 2 saturated heterocycles. The molecule has 2 heterocycles. The van der Waals surface area contributed by atoms with Gasteiger partial charge < -0.3 is 10.6 Å². The zero-order valence-corrected chi connectivity index (χ0v) is 15.8. The van der Waals surface area contributed by atoms with Gasteiger partial charge in [-0.1, -0.05) is 6.07 Å². The SMILES string of the molecule is Cl.O=C(CC1CCS(=O)(=O)C1)NC1CNCCC1c1ccc(F)c(F)c1. The molecule has 146 valence electrons. The fourth-order valence-electron chi connectivity index (χ4n) is 3.71. The molecular formula is C17H23ClF2N2O3S. The number of carbonyl (C=O) groups is 1. The van der Waals surface area contributed by atoms with Gasteiger partial charge in [-0.2, -0.15) is 0 Å². The number of hydrogen-bond acceptors (Lipinski definition) is 4. The number of hydrogen-bond donors (Lipinski definition) is 2. The van der Waals surface area contributed by atoms with E-state index in [4.69, 9.17) is 0 Å². The van der Waals surface area contributed by atoms with Gasteiger partial charge in [-0.25, -0.2) is 17.2 Å². The average Bonchev–Trinajstić information content (AvgIpc) is 2.89. The summed E-state index contributed by atoms with van der Waals surface area (Å²) in [6.07, 6.45) is 1.40. The Hall–Kier alpha value is -1.25. The molecule has 2 N–H and O–H groups in total. The van der Waals surface area contributed by atoms with Gasteiger partial charge >= 0.3 is 0 Å². The maximum atomic E-state index is 13.5. The van der Waals surface area contributed by atoms with Crippen LogP contribution in [-0.4, -0.2) is 45.0 Å². The quantitative estimate of drug-likeness (QED) is 0.796. The minimum absolute atomic E-state index is 0. The summed E-state index contributed by atoms with van der Waals surface area (Å²) in [4.78, 5) is 12.3. The molecular weight excluding hydrogens is 386 g/mol. The molecule has 2 fully saturated rings. The molecule has 2 aliphatic heterocycles. The van der Waals surface area contributed by atoms with Gasteiger partial charge in [-0.15, -0.1) is 12.4 Å². The van der Waals surface area contributed by atoms with Crippen LogP contribution in [0.4, 0.5) is 8.78 Å². The van der Waals surface area contributed by atoms with Crippen LogP contribution in [0, 0.1) is 17.6 Å². The minimum Gasteiger partial charge on any atom is -0.351 e. The first kappa shape index (κ1) is 21.1. The lowest BCUT2D eigenvalue weighted by molar-refractivity contribution is -0.122. The summed E-state index contributed by atoms with van der Waals surface area (Å²) in [6, 6.07) is 3.62. The summed E-state index contributed by atoms with van der Waals surface area (Å²) in [5.41, 5.74) is 0.661. The van der Waals surface area contributed by atoms with Gasteiger partial charge in [0.25, 0.3) is 0 Å². The molecule has 26 heavy (non-hydrogen) atoms. The average molecular weight is 409 g/mol. The molecule has 0 radical (unpaired) electrons. The molecule has 2 aliphatic rings. The van der Waals surface area contributed by atoms with Crippen LogP contribution in [0.25, 0.3) is 0 Å². The molecule has 9 heteroatoms. The Balaban J connectivity index is 0.00000243. The van der Waals surface area contributed by atoms with Gasteiger partial charge in [0.15, 0.2) is 21.5 Å². The van der Waals surface area contributed by atoms with E-state index >= 15 is 0 Å². The third kappa shape index (κ3) is 5.14. The summed E-state index contributed by atoms with van der Waals surface area (Å²) in [7, 11) is -3.01. The summed E-state index contributed by atoms with van der Waals surface area (Å²) >= 11 is 0. The van der Waals surface area contributed by atoms with Crippen molar-refractivity contribution in [3.63, 3.8) is 0 Å². The molecule has 3 rings (SSSR count). The second kappa shape index (κ2) is 8.63. The summed E-state index contributed by atoms with van der Waals surface area (Å²) in [5, 5.41) is 6.14. The molecule has 3 atom stereocenters. The Labute approximate surface area is 158 Å². The van der Waals surface area contributed by atoms with E-state index < -0.39 is 21.5 Å². The normalized spacial score (nSPS) is 27.5. The second-order valence-electron chi connectivity index (χ2n) is 6.92. The van der Waals surface area contributed by atoms with Crippen molar-refractivity contribution in [3.8, 4) is 0 Å². The number of amides is 1. The predicted octanol–water partition coefficient (Wildman–Crippen LogP) is 1.77. The van der Waals surface area contributed by atoms with E-state index in [1.165, 1.54) is 6.07 Å². The largest absolute Gasteiger partial charge is 0.351 e. The van der Waals surface area contributed by atoms with E-state index in [1.807, 2.05) is 0 Å². The van der Waals surface area contributed by atoms with Crippen LogP contribution in [0.1, 0.15) is 30.7 Å². The number of halogens is 3. The Morgan fingerprint density at radius 3 is 2.65 bits per heavy atom. The van der Waals surface area contributed by atoms with Crippen LogP contribution in [-0.2, 0) is 14.6 Å². The van der Waals surface area contributed by atoms with E-state index in [0.29, 0.717) is 24.9 Å². The first-order valence-electron chi connectivity index (χ1n) is 8.49. The number of rotatable bonds is 4. The van der Waals surface area contributed by atoms with Gasteiger partial charge in [0.2, 0.25) is 5.91 Å². The highest BCUT2D eigenvalue weighted by Gasteiger charge is 2.32. The Morgan fingerprint density at radius 1 is 1.23 bits per heavy atom. The Morgan fingerprint density at radius 2 is 2.00 bits per heavy atom. The van der Waals surface area contributed by atoms with Crippen molar-refractivity contribution in [2.45, 2.75) is 31.2 Å². The number of piperidine rings is 1. The zero-order valence-electron chi connectivity index (χ0n) is 14.2. The van der Waals surface area contributed by atoms with E-state index in [-0.39, 0.29) is 54.1 Å². The number of sulfone groups is 1. The van der Waals surface area contributed by atoms with Gasteiger partial charge in [0, 0.05) is 24.9 Å². The highest BCUT2D eigenvalue weighted by atomic mass is 35.5. The Bertz CT molecular complexity index is 760. The number of nitrogens with one attached hydrogen (secondary N) is 2. The van der Waals surface area contributed by atoms with Crippen molar-refractivity contribution in [2.75, 3.05) is 24.6 Å². The summed E-state index contributed by atoms with van der Waals surface area (Å²) in [6.45, 7) is 1.27. The topological polar surface area (TPSA) is 75.3 Å². The van der Waals surface area contributed by atoms with E-state index in [9.17, 15) is 22.0 Å². The number of carbonyl (C=O) groups excluding carboxylic acids is 1. The van der Waals surface area contributed by atoms with Gasteiger partial charge in [0.05, 0.1) is 11.5 Å². The highest BCUT2D eigenvalue weighted by molar-refractivity contribution is 7.91. The molecule has 5 nitrogen and oxygen atoms in total. The monoisotopic (exact) mass is 408 g/mol. The minimum atomic E-state index is -3.01. The van der Waals surface area contributed by atoms with Crippen molar-refractivity contribution in [3.05, 3.63) is 35.4 Å². The van der Waals surface area contributed by atoms with Crippen molar-refractivity contribution in [2.24, 2.45) is 5.92 Å². The van der Waals surface area contributed by atoms with Crippen LogP contribution in [0.2, 0.25) is 0 Å². The van der Waals surface area contributed by atoms with Crippen molar-refractivity contribution in [1.82, 2.24) is 10.6 Å². The van der Waals surface area contributed by atoms with Gasteiger partial charge in [0.1, 0.15) is 0 Å². The Kier molecular flexibility index (Phi) is 6.99. The molecule has 0 aliphatic carbocycles. The molecule has 1 amide bonds. The van der Waals surface area contributed by atoms with Crippen molar-refractivity contribution < 1.29 is 22.0 Å². The zero-order chi connectivity index (χ0) is 18.0. The molecule has 3 unspecified atom stereocenters. The summed E-state index contributed by atoms with van der Waals surface area (Å²) in [5.74, 6) is -2.00. The third-order valence-corrected chi connectivity index (χ3v) is 6.84. The second-order valence-corrected chi connectivity index (χ2v) is 9.15. The van der Waals surface area contributed by atoms with E-state index in [2.05, 4.69) is 10.6 Å². The first-order valence-corrected chi connectivity index (χ1v) is 10.3. The first-order chi connectivity index (χ1) is 11.8. The maximum Gasteiger partial charge on any atom is 0.220 e. The van der Waals surface area contributed by atoms with Crippen molar-refractivity contribution in [1.29, 1.82) is 0 Å². The number of benzene rings is 1. The lowest BCUT2D eigenvalue weighted by Gasteiger charge is -2.33. The van der Waals surface area contributed by atoms with Crippen LogP contribution in [0.15, 0.2) is 18.2 Å². The van der Waals surface area contributed by atoms with E-state index in [0.717, 1.165) is 12.6 Å². The van der Waals surface area contributed by atoms with Gasteiger partial charge in [-0.05, 0) is 43.0 Å². The van der Waals surface area contributed by atoms with E-state index in [1.54, 1.807) is 6.07 Å². The maximum absolute atomic E-state index is 13.5. The molecule has 0 bridgehead atoms. The lowest BCUT2D eigenvalue weighted by atomic mass is 9.85. The molecule has 1 aromatic rings. The third-order valence-electron chi connectivity index (χ3n) is 5.00. The fraction of sp³-hybridized carbons (Fsp3) is 0.588. The molecule has 0 aromatic heterocycles. The molecule has 0 saturated carbocycles. The smallest absolute Gasteiger partial charge is 0.220 e. The van der Waals surface area contributed by atoms with Crippen molar-refractivity contribution >= 4 is 28.2 Å². The van der Waals surface area contributed by atoms with Gasteiger partial charge in [-0.3, -0.25) is 4.79 Å². The molecule has 1 aromatic carbocycles. The van der Waals surface area contributed by atoms with Crippen LogP contribution in [0.3, 0.4) is 0 Å². The van der Waals surface area contributed by atoms with Crippen LogP contribution in [0.5, 0.6) is 0 Å². The predicted molar refractivity (Wildman–Crippen MR) is 97.1 cm³/mol. The molecule has 0 spiro atoms.